The van der Waals surface area contributed by atoms with Crippen LogP contribution in [0.2, 0.25) is 0 Å². The number of sulfonamides is 1. The van der Waals surface area contributed by atoms with E-state index in [2.05, 4.69) is 20.7 Å². The molecule has 1 aromatic rings. The lowest BCUT2D eigenvalue weighted by Crippen LogP contribution is -2.33. The van der Waals surface area contributed by atoms with Crippen molar-refractivity contribution in [1.82, 2.24) is 4.72 Å². The van der Waals surface area contributed by atoms with Crippen molar-refractivity contribution in [2.24, 2.45) is 5.92 Å². The highest BCUT2D eigenvalue weighted by molar-refractivity contribution is 9.10. The molecule has 0 heterocycles. The highest BCUT2D eigenvalue weighted by atomic mass is 79.9. The Morgan fingerprint density at radius 3 is 2.70 bits per heavy atom. The largest absolute Gasteiger partial charge is 0.478 e. The second kappa shape index (κ2) is 5.83. The zero-order valence-corrected chi connectivity index (χ0v) is 13.4. The van der Waals surface area contributed by atoms with Gasteiger partial charge in [-0.3, -0.25) is 0 Å². The average Bonchev–Trinajstić information content (AvgIpc) is 3.11. The van der Waals surface area contributed by atoms with E-state index in [9.17, 15) is 13.2 Å². The molecule has 0 spiro atoms. The number of hydrogen-bond donors (Lipinski definition) is 2. The molecule has 0 amide bonds. The van der Waals surface area contributed by atoms with Gasteiger partial charge in [0.2, 0.25) is 10.0 Å². The fourth-order valence-corrected chi connectivity index (χ4v) is 4.32. The Labute approximate surface area is 126 Å². The predicted octanol–water partition coefficient (Wildman–Crippen LogP) is 2.61. The van der Waals surface area contributed by atoms with E-state index in [-0.39, 0.29) is 16.5 Å². The minimum absolute atomic E-state index is 0.0416. The molecule has 2 N–H and O–H groups in total. The van der Waals surface area contributed by atoms with Gasteiger partial charge in [-0.15, -0.1) is 0 Å². The number of rotatable bonds is 6. The summed E-state index contributed by atoms with van der Waals surface area (Å²) in [5.41, 5.74) is -0.0524. The van der Waals surface area contributed by atoms with Crippen molar-refractivity contribution < 1.29 is 18.3 Å². The number of carboxylic acids is 1. The normalized spacial score (nSPS) is 16.9. The zero-order valence-electron chi connectivity index (χ0n) is 11.0. The maximum atomic E-state index is 12.3. The van der Waals surface area contributed by atoms with Gasteiger partial charge in [0.1, 0.15) is 0 Å². The van der Waals surface area contributed by atoms with Crippen LogP contribution < -0.4 is 4.72 Å². The Hall–Kier alpha value is -0.920. The standard InChI is InChI=1S/C13H16BrNO4S/c1-8(6-9-2-3-9)15-20(18,19)12-7-10(13(16)17)4-5-11(12)14/h4-5,7-9,15H,2-3,6H2,1H3,(H,16,17). The second-order valence-electron chi connectivity index (χ2n) is 5.15. The van der Waals surface area contributed by atoms with Crippen molar-refractivity contribution in [3.05, 3.63) is 28.2 Å². The molecule has 0 bridgehead atoms. The first-order valence-electron chi connectivity index (χ1n) is 6.35. The molecule has 110 valence electrons. The molecule has 1 unspecified atom stereocenters. The monoisotopic (exact) mass is 361 g/mol. The smallest absolute Gasteiger partial charge is 0.335 e. The Bertz CT molecular complexity index is 625. The van der Waals surface area contributed by atoms with Gasteiger partial charge in [0.15, 0.2) is 0 Å². The summed E-state index contributed by atoms with van der Waals surface area (Å²) in [5, 5.41) is 8.94. The first-order chi connectivity index (χ1) is 9.29. The van der Waals surface area contributed by atoms with E-state index in [1.807, 2.05) is 6.92 Å². The predicted molar refractivity (Wildman–Crippen MR) is 78.2 cm³/mol. The lowest BCUT2D eigenvalue weighted by molar-refractivity contribution is 0.0696. The van der Waals surface area contributed by atoms with Gasteiger partial charge in [0, 0.05) is 10.5 Å². The van der Waals surface area contributed by atoms with E-state index in [1.165, 1.54) is 18.2 Å². The van der Waals surface area contributed by atoms with Crippen molar-refractivity contribution in [2.45, 2.75) is 37.1 Å². The van der Waals surface area contributed by atoms with E-state index < -0.39 is 16.0 Å². The quantitative estimate of drug-likeness (QED) is 0.815. The van der Waals surface area contributed by atoms with Crippen LogP contribution in [0.1, 0.15) is 36.5 Å². The van der Waals surface area contributed by atoms with Crippen LogP contribution in [0.25, 0.3) is 0 Å². The molecular formula is C13H16BrNO4S. The highest BCUT2D eigenvalue weighted by Gasteiger charge is 2.27. The van der Waals surface area contributed by atoms with E-state index in [1.54, 1.807) is 0 Å². The number of nitrogens with one attached hydrogen (secondary N) is 1. The van der Waals surface area contributed by atoms with Crippen LogP contribution in [0.5, 0.6) is 0 Å². The van der Waals surface area contributed by atoms with E-state index >= 15 is 0 Å². The molecule has 0 radical (unpaired) electrons. The maximum Gasteiger partial charge on any atom is 0.335 e. The third kappa shape index (κ3) is 3.80. The van der Waals surface area contributed by atoms with Gasteiger partial charge in [-0.25, -0.2) is 17.9 Å². The van der Waals surface area contributed by atoms with Crippen LogP contribution in [0.3, 0.4) is 0 Å². The van der Waals surface area contributed by atoms with Crippen LogP contribution in [-0.4, -0.2) is 25.5 Å². The molecule has 0 aromatic heterocycles. The zero-order chi connectivity index (χ0) is 14.9. The van der Waals surface area contributed by atoms with Crippen molar-refractivity contribution in [3.63, 3.8) is 0 Å². The Balaban J connectivity index is 2.23. The van der Waals surface area contributed by atoms with E-state index in [0.717, 1.165) is 19.3 Å². The summed E-state index contributed by atoms with van der Waals surface area (Å²) in [5.74, 6) is -0.540. The van der Waals surface area contributed by atoms with Gasteiger partial charge in [-0.05, 0) is 53.4 Å². The Morgan fingerprint density at radius 2 is 2.15 bits per heavy atom. The summed E-state index contributed by atoms with van der Waals surface area (Å²) in [6.45, 7) is 1.82. The molecule has 5 nitrogen and oxygen atoms in total. The van der Waals surface area contributed by atoms with Crippen molar-refractivity contribution in [1.29, 1.82) is 0 Å². The second-order valence-corrected chi connectivity index (χ2v) is 7.69. The lowest BCUT2D eigenvalue weighted by Gasteiger charge is -2.15. The number of carboxylic acid groups (broad SMARTS) is 1. The highest BCUT2D eigenvalue weighted by Crippen LogP contribution is 2.34. The first-order valence-corrected chi connectivity index (χ1v) is 8.62. The maximum absolute atomic E-state index is 12.3. The van der Waals surface area contributed by atoms with Gasteiger partial charge in [-0.2, -0.15) is 0 Å². The fourth-order valence-electron chi connectivity index (χ4n) is 2.07. The molecule has 1 aliphatic carbocycles. The number of benzene rings is 1. The molecule has 1 aromatic carbocycles. The summed E-state index contributed by atoms with van der Waals surface area (Å²) in [6.07, 6.45) is 3.13. The van der Waals surface area contributed by atoms with Crippen LogP contribution in [0.4, 0.5) is 0 Å². The average molecular weight is 362 g/mol. The van der Waals surface area contributed by atoms with Gasteiger partial charge < -0.3 is 5.11 Å². The summed E-state index contributed by atoms with van der Waals surface area (Å²) in [7, 11) is -3.72. The number of aromatic carboxylic acids is 1. The van der Waals surface area contributed by atoms with Crippen molar-refractivity contribution in [3.8, 4) is 0 Å². The molecular weight excluding hydrogens is 346 g/mol. The number of carbonyl (C=O) groups is 1. The molecule has 2 rings (SSSR count). The third-order valence-electron chi connectivity index (χ3n) is 3.21. The molecule has 1 saturated carbocycles. The summed E-state index contributed by atoms with van der Waals surface area (Å²) < 4.78 is 27.6. The summed E-state index contributed by atoms with van der Waals surface area (Å²) in [4.78, 5) is 10.9. The minimum Gasteiger partial charge on any atom is -0.478 e. The number of halogens is 1. The SMILES string of the molecule is CC(CC1CC1)NS(=O)(=O)c1cc(C(=O)O)ccc1Br. The van der Waals surface area contributed by atoms with Crippen molar-refractivity contribution >= 4 is 31.9 Å². The fraction of sp³-hybridized carbons (Fsp3) is 0.462. The van der Waals surface area contributed by atoms with E-state index in [0.29, 0.717) is 10.4 Å². The molecule has 0 saturated heterocycles. The molecule has 0 aliphatic heterocycles. The van der Waals surface area contributed by atoms with Gasteiger partial charge in [0.25, 0.3) is 0 Å². The molecule has 7 heteroatoms. The molecule has 20 heavy (non-hydrogen) atoms. The van der Waals surface area contributed by atoms with Crippen molar-refractivity contribution in [2.75, 3.05) is 0 Å². The van der Waals surface area contributed by atoms with Crippen LogP contribution in [0.15, 0.2) is 27.6 Å². The summed E-state index contributed by atoms with van der Waals surface area (Å²) >= 11 is 3.16. The topological polar surface area (TPSA) is 83.5 Å². The van der Waals surface area contributed by atoms with Crippen LogP contribution in [0, 0.1) is 5.92 Å². The first kappa shape index (κ1) is 15.5. The van der Waals surface area contributed by atoms with Gasteiger partial charge in [-0.1, -0.05) is 12.8 Å². The van der Waals surface area contributed by atoms with Gasteiger partial charge in [0.05, 0.1) is 10.5 Å². The van der Waals surface area contributed by atoms with Crippen LogP contribution >= 0.6 is 15.9 Å². The molecule has 1 aliphatic rings. The lowest BCUT2D eigenvalue weighted by atomic mass is 10.2. The Morgan fingerprint density at radius 1 is 1.50 bits per heavy atom. The summed E-state index contributed by atoms with van der Waals surface area (Å²) in [6, 6.07) is 3.80. The minimum atomic E-state index is -3.72. The van der Waals surface area contributed by atoms with E-state index in [4.69, 9.17) is 5.11 Å². The van der Waals surface area contributed by atoms with Crippen LogP contribution in [-0.2, 0) is 10.0 Å². The number of hydrogen-bond acceptors (Lipinski definition) is 3. The van der Waals surface area contributed by atoms with Gasteiger partial charge >= 0.3 is 5.97 Å². The Kier molecular flexibility index (Phi) is 4.51. The molecule has 1 atom stereocenters. The third-order valence-corrected chi connectivity index (χ3v) is 5.79. The molecule has 1 fully saturated rings.